The van der Waals surface area contributed by atoms with Crippen LogP contribution in [-0.4, -0.2) is 48.1 Å². The molecule has 2 aromatic rings. The summed E-state index contributed by atoms with van der Waals surface area (Å²) in [5.41, 5.74) is 7.78. The minimum atomic E-state index is 0.507. The highest BCUT2D eigenvalue weighted by Crippen LogP contribution is 2.21. The average molecular weight is 271 g/mol. The first kappa shape index (κ1) is 13.1. The van der Waals surface area contributed by atoms with E-state index in [2.05, 4.69) is 19.8 Å². The molecule has 0 unspecified atom stereocenters. The van der Waals surface area contributed by atoms with Gasteiger partial charge in [-0.05, 0) is 38.1 Å². The van der Waals surface area contributed by atoms with Crippen LogP contribution < -0.4 is 10.6 Å². The summed E-state index contributed by atoms with van der Waals surface area (Å²) in [7, 11) is 2.03. The van der Waals surface area contributed by atoms with E-state index in [9.17, 15) is 0 Å². The highest BCUT2D eigenvalue weighted by atomic mass is 15.2. The number of rotatable bonds is 4. The van der Waals surface area contributed by atoms with Gasteiger partial charge in [0.25, 0.3) is 0 Å². The smallest absolute Gasteiger partial charge is 0.171 e. The topological polar surface area (TPSA) is 58.3 Å². The third kappa shape index (κ3) is 2.67. The van der Waals surface area contributed by atoms with Crippen LogP contribution >= 0.6 is 0 Å². The molecule has 106 valence electrons. The molecule has 0 amide bonds. The molecule has 0 bridgehead atoms. The molecule has 1 aliphatic rings. The summed E-state index contributed by atoms with van der Waals surface area (Å²) in [5, 5.41) is 0. The van der Waals surface area contributed by atoms with Crippen molar-refractivity contribution in [1.29, 1.82) is 0 Å². The molecule has 5 nitrogen and oxygen atoms in total. The summed E-state index contributed by atoms with van der Waals surface area (Å²) in [6.45, 7) is 4.42. The number of hydrogen-bond acceptors (Lipinski definition) is 5. The molecular weight excluding hydrogens is 250 g/mol. The summed E-state index contributed by atoms with van der Waals surface area (Å²) in [4.78, 5) is 13.7. The summed E-state index contributed by atoms with van der Waals surface area (Å²) >= 11 is 0. The van der Waals surface area contributed by atoms with Gasteiger partial charge in [0.1, 0.15) is 0 Å². The zero-order valence-corrected chi connectivity index (χ0v) is 11.9. The standard InChI is InChI=1S/C15H21N5/c1-19(10-11-20-8-4-5-9-20)15-14(16)17-12-6-2-3-7-13(12)18-15/h2-3,6-7H,4-5,8-11H2,1H3,(H2,16,17). The van der Waals surface area contributed by atoms with Gasteiger partial charge in [-0.2, -0.15) is 0 Å². The Labute approximate surface area is 119 Å². The van der Waals surface area contributed by atoms with Crippen LogP contribution in [0.25, 0.3) is 11.0 Å². The first-order valence-corrected chi connectivity index (χ1v) is 7.20. The van der Waals surface area contributed by atoms with Gasteiger partial charge >= 0.3 is 0 Å². The third-order valence-electron chi connectivity index (χ3n) is 3.89. The minimum absolute atomic E-state index is 0.507. The molecule has 1 aliphatic heterocycles. The number of fused-ring (bicyclic) bond motifs is 1. The largest absolute Gasteiger partial charge is 0.381 e. The predicted octanol–water partition coefficient (Wildman–Crippen LogP) is 1.74. The van der Waals surface area contributed by atoms with Crippen molar-refractivity contribution < 1.29 is 0 Å². The lowest BCUT2D eigenvalue weighted by Gasteiger charge is -2.23. The van der Waals surface area contributed by atoms with E-state index in [0.717, 1.165) is 29.9 Å². The molecule has 20 heavy (non-hydrogen) atoms. The number of benzene rings is 1. The summed E-state index contributed by atoms with van der Waals surface area (Å²) in [6, 6.07) is 7.83. The van der Waals surface area contributed by atoms with Crippen LogP contribution in [-0.2, 0) is 0 Å². The fourth-order valence-corrected chi connectivity index (χ4v) is 2.69. The molecule has 0 aliphatic carbocycles. The molecule has 2 heterocycles. The van der Waals surface area contributed by atoms with Gasteiger partial charge in [-0.3, -0.25) is 0 Å². The zero-order chi connectivity index (χ0) is 13.9. The van der Waals surface area contributed by atoms with Gasteiger partial charge in [0.2, 0.25) is 0 Å². The molecule has 3 rings (SSSR count). The Bertz CT molecular complexity index is 592. The highest BCUT2D eigenvalue weighted by Gasteiger charge is 2.14. The fraction of sp³-hybridized carbons (Fsp3) is 0.467. The van der Waals surface area contributed by atoms with Crippen LogP contribution in [0.1, 0.15) is 12.8 Å². The molecule has 0 atom stereocenters. The van der Waals surface area contributed by atoms with E-state index in [1.54, 1.807) is 0 Å². The molecule has 1 saturated heterocycles. The number of hydrogen-bond donors (Lipinski definition) is 1. The molecular formula is C15H21N5. The van der Waals surface area contributed by atoms with Crippen LogP contribution in [0.15, 0.2) is 24.3 Å². The van der Waals surface area contributed by atoms with Crippen molar-refractivity contribution in [1.82, 2.24) is 14.9 Å². The van der Waals surface area contributed by atoms with Gasteiger partial charge in [0.15, 0.2) is 11.6 Å². The Morgan fingerprint density at radius 1 is 1.15 bits per heavy atom. The predicted molar refractivity (Wildman–Crippen MR) is 82.9 cm³/mol. The maximum atomic E-state index is 6.04. The van der Waals surface area contributed by atoms with Crippen molar-refractivity contribution in [2.75, 3.05) is 43.9 Å². The number of likely N-dealkylation sites (tertiary alicyclic amines) is 1. The second kappa shape index (κ2) is 5.63. The average Bonchev–Trinajstić information content (AvgIpc) is 2.97. The van der Waals surface area contributed by atoms with E-state index in [0.29, 0.717) is 5.82 Å². The molecule has 0 radical (unpaired) electrons. The second-order valence-electron chi connectivity index (χ2n) is 5.39. The maximum Gasteiger partial charge on any atom is 0.171 e. The number of anilines is 2. The van der Waals surface area contributed by atoms with Crippen molar-refractivity contribution in [2.24, 2.45) is 0 Å². The monoisotopic (exact) mass is 271 g/mol. The Hall–Kier alpha value is -1.88. The maximum absolute atomic E-state index is 6.04. The van der Waals surface area contributed by atoms with Gasteiger partial charge in [0, 0.05) is 20.1 Å². The first-order chi connectivity index (χ1) is 9.74. The molecule has 0 spiro atoms. The molecule has 2 N–H and O–H groups in total. The number of nitrogen functional groups attached to an aromatic ring is 1. The van der Waals surface area contributed by atoms with Crippen LogP contribution in [0.3, 0.4) is 0 Å². The van der Waals surface area contributed by atoms with Crippen molar-refractivity contribution >= 4 is 22.7 Å². The highest BCUT2D eigenvalue weighted by molar-refractivity contribution is 5.79. The van der Waals surface area contributed by atoms with Crippen molar-refractivity contribution in [3.63, 3.8) is 0 Å². The minimum Gasteiger partial charge on any atom is -0.381 e. The Morgan fingerprint density at radius 2 is 1.80 bits per heavy atom. The Morgan fingerprint density at radius 3 is 2.50 bits per heavy atom. The number of nitrogens with zero attached hydrogens (tertiary/aromatic N) is 4. The lowest BCUT2D eigenvalue weighted by atomic mass is 10.3. The molecule has 1 aromatic carbocycles. The SMILES string of the molecule is CN(CCN1CCCC1)c1nc2ccccc2nc1N. The van der Waals surface area contributed by atoms with Gasteiger partial charge in [0.05, 0.1) is 11.0 Å². The van der Waals surface area contributed by atoms with E-state index in [1.165, 1.54) is 25.9 Å². The Balaban J connectivity index is 1.76. The fourth-order valence-electron chi connectivity index (χ4n) is 2.69. The molecule has 5 heteroatoms. The number of likely N-dealkylation sites (N-methyl/N-ethyl adjacent to an activating group) is 1. The van der Waals surface area contributed by atoms with E-state index in [1.807, 2.05) is 31.3 Å². The molecule has 1 aromatic heterocycles. The summed E-state index contributed by atoms with van der Waals surface area (Å²) < 4.78 is 0. The van der Waals surface area contributed by atoms with Crippen molar-refractivity contribution in [3.8, 4) is 0 Å². The van der Waals surface area contributed by atoms with Crippen molar-refractivity contribution in [2.45, 2.75) is 12.8 Å². The van der Waals surface area contributed by atoms with Gasteiger partial charge in [-0.15, -0.1) is 0 Å². The van der Waals surface area contributed by atoms with Crippen molar-refractivity contribution in [3.05, 3.63) is 24.3 Å². The van der Waals surface area contributed by atoms with E-state index < -0.39 is 0 Å². The van der Waals surface area contributed by atoms with Crippen LogP contribution in [0.4, 0.5) is 11.6 Å². The third-order valence-corrected chi connectivity index (χ3v) is 3.89. The van der Waals surface area contributed by atoms with Crippen LogP contribution in [0, 0.1) is 0 Å². The quantitative estimate of drug-likeness (QED) is 0.918. The van der Waals surface area contributed by atoms with E-state index in [-0.39, 0.29) is 0 Å². The summed E-state index contributed by atoms with van der Waals surface area (Å²) in [6.07, 6.45) is 2.64. The lowest BCUT2D eigenvalue weighted by molar-refractivity contribution is 0.346. The Kier molecular flexibility index (Phi) is 3.69. The molecule has 1 fully saturated rings. The summed E-state index contributed by atoms with van der Waals surface area (Å²) in [5.74, 6) is 1.29. The van der Waals surface area contributed by atoms with Crippen LogP contribution in [0.2, 0.25) is 0 Å². The van der Waals surface area contributed by atoms with Gasteiger partial charge < -0.3 is 15.5 Å². The first-order valence-electron chi connectivity index (χ1n) is 7.20. The number of aromatic nitrogens is 2. The van der Waals surface area contributed by atoms with Gasteiger partial charge in [-0.1, -0.05) is 12.1 Å². The van der Waals surface area contributed by atoms with E-state index in [4.69, 9.17) is 5.73 Å². The normalized spacial score (nSPS) is 15.8. The number of para-hydroxylation sites is 2. The zero-order valence-electron chi connectivity index (χ0n) is 11.9. The second-order valence-corrected chi connectivity index (χ2v) is 5.39. The number of nitrogens with two attached hydrogens (primary N) is 1. The van der Waals surface area contributed by atoms with Gasteiger partial charge in [-0.25, -0.2) is 9.97 Å². The molecule has 0 saturated carbocycles. The van der Waals surface area contributed by atoms with E-state index >= 15 is 0 Å². The van der Waals surface area contributed by atoms with Crippen LogP contribution in [0.5, 0.6) is 0 Å². The lowest BCUT2D eigenvalue weighted by Crippen LogP contribution is -2.32.